The summed E-state index contributed by atoms with van der Waals surface area (Å²) in [7, 11) is 0. The van der Waals surface area contributed by atoms with E-state index in [9.17, 15) is 0 Å². The first-order valence-corrected chi connectivity index (χ1v) is 5.15. The van der Waals surface area contributed by atoms with Crippen molar-refractivity contribution in [2.45, 2.75) is 25.3 Å². The van der Waals surface area contributed by atoms with Crippen LogP contribution in [0.1, 0.15) is 17.5 Å². The Bertz CT molecular complexity index is 336. The molecule has 0 aliphatic heterocycles. The second-order valence-corrected chi connectivity index (χ2v) is 4.37. The SMILES string of the molecule is N[C@@H]1CCc2c(Cl)cc(Cl)cc2C1. The topological polar surface area (TPSA) is 26.0 Å². The van der Waals surface area contributed by atoms with E-state index >= 15 is 0 Å². The molecule has 1 nitrogen and oxygen atoms in total. The first kappa shape index (κ1) is 9.32. The lowest BCUT2D eigenvalue weighted by Crippen LogP contribution is -2.27. The number of halogens is 2. The Kier molecular flexibility index (Phi) is 2.50. The number of fused-ring (bicyclic) bond motifs is 1. The van der Waals surface area contributed by atoms with E-state index in [2.05, 4.69) is 0 Å². The van der Waals surface area contributed by atoms with Crippen LogP contribution in [0.3, 0.4) is 0 Å². The Balaban J connectivity index is 2.47. The lowest BCUT2D eigenvalue weighted by atomic mass is 9.89. The summed E-state index contributed by atoms with van der Waals surface area (Å²) in [4.78, 5) is 0. The molecule has 2 rings (SSSR count). The van der Waals surface area contributed by atoms with Gasteiger partial charge in [0, 0.05) is 16.1 Å². The molecule has 0 spiro atoms. The maximum Gasteiger partial charge on any atom is 0.0455 e. The minimum Gasteiger partial charge on any atom is -0.327 e. The summed E-state index contributed by atoms with van der Waals surface area (Å²) in [6, 6.07) is 4.04. The van der Waals surface area contributed by atoms with Crippen LogP contribution in [0.4, 0.5) is 0 Å². The van der Waals surface area contributed by atoms with Gasteiger partial charge in [-0.2, -0.15) is 0 Å². The lowest BCUT2D eigenvalue weighted by Gasteiger charge is -2.22. The number of benzene rings is 1. The van der Waals surface area contributed by atoms with Gasteiger partial charge in [-0.05, 0) is 42.5 Å². The van der Waals surface area contributed by atoms with Crippen molar-refractivity contribution in [1.29, 1.82) is 0 Å². The molecule has 0 amide bonds. The van der Waals surface area contributed by atoms with Gasteiger partial charge in [0.1, 0.15) is 0 Å². The van der Waals surface area contributed by atoms with Crippen molar-refractivity contribution in [2.75, 3.05) is 0 Å². The van der Waals surface area contributed by atoms with E-state index in [1.165, 1.54) is 11.1 Å². The van der Waals surface area contributed by atoms with Crippen molar-refractivity contribution in [3.05, 3.63) is 33.3 Å². The lowest BCUT2D eigenvalue weighted by molar-refractivity contribution is 0.577. The number of rotatable bonds is 0. The van der Waals surface area contributed by atoms with Gasteiger partial charge < -0.3 is 5.73 Å². The first-order valence-electron chi connectivity index (χ1n) is 4.39. The highest BCUT2D eigenvalue weighted by atomic mass is 35.5. The Labute approximate surface area is 87.8 Å². The van der Waals surface area contributed by atoms with Crippen LogP contribution in [0.25, 0.3) is 0 Å². The van der Waals surface area contributed by atoms with Gasteiger partial charge in [0.15, 0.2) is 0 Å². The fourth-order valence-corrected chi connectivity index (χ4v) is 2.46. The largest absolute Gasteiger partial charge is 0.327 e. The molecule has 1 atom stereocenters. The second kappa shape index (κ2) is 3.49. The molecular weight excluding hydrogens is 205 g/mol. The van der Waals surface area contributed by atoms with E-state index < -0.39 is 0 Å². The molecule has 0 aromatic heterocycles. The van der Waals surface area contributed by atoms with E-state index in [4.69, 9.17) is 28.9 Å². The average Bonchev–Trinajstić information content (AvgIpc) is 2.02. The second-order valence-electron chi connectivity index (χ2n) is 3.53. The van der Waals surface area contributed by atoms with Crippen LogP contribution in [-0.4, -0.2) is 6.04 Å². The third kappa shape index (κ3) is 1.83. The molecule has 3 heteroatoms. The third-order valence-electron chi connectivity index (χ3n) is 2.50. The zero-order valence-corrected chi connectivity index (χ0v) is 8.70. The molecule has 0 unspecified atom stereocenters. The summed E-state index contributed by atoms with van der Waals surface area (Å²) in [5, 5.41) is 1.49. The van der Waals surface area contributed by atoms with Gasteiger partial charge in [-0.15, -0.1) is 0 Å². The average molecular weight is 216 g/mol. The molecule has 0 fully saturated rings. The molecule has 1 aliphatic carbocycles. The number of hydrogen-bond acceptors (Lipinski definition) is 1. The molecule has 0 saturated carbocycles. The van der Waals surface area contributed by atoms with Crippen LogP contribution >= 0.6 is 23.2 Å². The molecule has 1 aromatic rings. The fraction of sp³-hybridized carbons (Fsp3) is 0.400. The van der Waals surface area contributed by atoms with Gasteiger partial charge in [-0.3, -0.25) is 0 Å². The summed E-state index contributed by atoms with van der Waals surface area (Å²) >= 11 is 12.0. The van der Waals surface area contributed by atoms with Crippen LogP contribution < -0.4 is 5.73 Å². The van der Waals surface area contributed by atoms with Crippen LogP contribution in [-0.2, 0) is 12.8 Å². The van der Waals surface area contributed by atoms with E-state index in [1.54, 1.807) is 6.07 Å². The van der Waals surface area contributed by atoms with Crippen molar-refractivity contribution < 1.29 is 0 Å². The minimum atomic E-state index is 0.266. The van der Waals surface area contributed by atoms with Crippen molar-refractivity contribution in [1.82, 2.24) is 0 Å². The van der Waals surface area contributed by atoms with Crippen molar-refractivity contribution >= 4 is 23.2 Å². The van der Waals surface area contributed by atoms with Gasteiger partial charge in [0.25, 0.3) is 0 Å². The number of nitrogens with two attached hydrogens (primary N) is 1. The molecule has 0 heterocycles. The normalized spacial score (nSPS) is 21.3. The molecule has 70 valence electrons. The van der Waals surface area contributed by atoms with E-state index in [0.29, 0.717) is 5.02 Å². The Hall–Kier alpha value is -0.240. The van der Waals surface area contributed by atoms with E-state index in [-0.39, 0.29) is 6.04 Å². The molecule has 0 radical (unpaired) electrons. The van der Waals surface area contributed by atoms with Crippen LogP contribution in [0.2, 0.25) is 10.0 Å². The quantitative estimate of drug-likeness (QED) is 0.708. The summed E-state index contributed by atoms with van der Waals surface area (Å²) in [6.45, 7) is 0. The van der Waals surface area contributed by atoms with Gasteiger partial charge in [-0.1, -0.05) is 23.2 Å². The molecule has 1 aliphatic rings. The highest BCUT2D eigenvalue weighted by Gasteiger charge is 2.18. The van der Waals surface area contributed by atoms with Gasteiger partial charge in [0.05, 0.1) is 0 Å². The minimum absolute atomic E-state index is 0.266. The van der Waals surface area contributed by atoms with Gasteiger partial charge in [-0.25, -0.2) is 0 Å². The third-order valence-corrected chi connectivity index (χ3v) is 3.06. The first-order chi connectivity index (χ1) is 6.16. The highest BCUT2D eigenvalue weighted by molar-refractivity contribution is 6.35. The van der Waals surface area contributed by atoms with Crippen molar-refractivity contribution in [3.63, 3.8) is 0 Å². The maximum atomic E-state index is 6.07. The van der Waals surface area contributed by atoms with Crippen LogP contribution in [0.5, 0.6) is 0 Å². The fourth-order valence-electron chi connectivity index (χ4n) is 1.83. The molecule has 1 aromatic carbocycles. The molecule has 13 heavy (non-hydrogen) atoms. The van der Waals surface area contributed by atoms with Gasteiger partial charge in [0.2, 0.25) is 0 Å². The zero-order valence-electron chi connectivity index (χ0n) is 7.19. The molecular formula is C10H11Cl2N. The number of hydrogen-bond donors (Lipinski definition) is 1. The Morgan fingerprint density at radius 1 is 1.31 bits per heavy atom. The van der Waals surface area contributed by atoms with Gasteiger partial charge >= 0.3 is 0 Å². The monoisotopic (exact) mass is 215 g/mol. The standard InChI is InChI=1S/C10H11Cl2N/c11-7-3-6-4-8(13)1-2-9(6)10(12)5-7/h3,5,8H,1-2,4,13H2/t8-/m1/s1. The van der Waals surface area contributed by atoms with Crippen molar-refractivity contribution in [3.8, 4) is 0 Å². The predicted molar refractivity (Wildman–Crippen MR) is 56.5 cm³/mol. The zero-order chi connectivity index (χ0) is 9.42. The predicted octanol–water partition coefficient (Wildman–Crippen LogP) is 2.81. The highest BCUT2D eigenvalue weighted by Crippen LogP contribution is 2.30. The summed E-state index contributed by atoms with van der Waals surface area (Å²) in [5.41, 5.74) is 8.31. The van der Waals surface area contributed by atoms with Crippen molar-refractivity contribution in [2.24, 2.45) is 5.73 Å². The van der Waals surface area contributed by atoms with Crippen LogP contribution in [0.15, 0.2) is 12.1 Å². The van der Waals surface area contributed by atoms with E-state index in [0.717, 1.165) is 24.3 Å². The summed E-state index contributed by atoms with van der Waals surface area (Å²) in [6.07, 6.45) is 2.90. The Morgan fingerprint density at radius 2 is 2.08 bits per heavy atom. The molecule has 2 N–H and O–H groups in total. The smallest absolute Gasteiger partial charge is 0.0455 e. The molecule has 0 saturated heterocycles. The maximum absolute atomic E-state index is 6.07. The van der Waals surface area contributed by atoms with E-state index in [1.807, 2.05) is 6.07 Å². The summed E-state index contributed by atoms with van der Waals surface area (Å²) in [5.74, 6) is 0. The Morgan fingerprint density at radius 3 is 2.85 bits per heavy atom. The summed E-state index contributed by atoms with van der Waals surface area (Å²) < 4.78 is 0. The van der Waals surface area contributed by atoms with Crippen LogP contribution in [0, 0.1) is 0 Å². The molecule has 0 bridgehead atoms.